The second-order valence-electron chi connectivity index (χ2n) is 4.51. The Morgan fingerprint density at radius 3 is 2.85 bits per heavy atom. The lowest BCUT2D eigenvalue weighted by atomic mass is 10.2. The molecule has 0 spiro atoms. The van der Waals surface area contributed by atoms with Gasteiger partial charge in [0.1, 0.15) is 10.6 Å². The Labute approximate surface area is 122 Å². The van der Waals surface area contributed by atoms with Crippen LogP contribution in [-0.4, -0.2) is 12.5 Å². The van der Waals surface area contributed by atoms with E-state index in [0.29, 0.717) is 28.6 Å². The summed E-state index contributed by atoms with van der Waals surface area (Å²) in [7, 11) is 0. The number of carbonyl (C=O) groups excluding carboxylic acids is 1. The third-order valence-corrected chi connectivity index (χ3v) is 3.68. The highest BCUT2D eigenvalue weighted by atomic mass is 32.1. The molecule has 3 N–H and O–H groups in total. The van der Waals surface area contributed by atoms with Crippen molar-refractivity contribution in [2.75, 3.05) is 17.7 Å². The van der Waals surface area contributed by atoms with Gasteiger partial charge in [-0.25, -0.2) is 0 Å². The van der Waals surface area contributed by atoms with E-state index in [9.17, 15) is 4.79 Å². The first-order chi connectivity index (χ1) is 9.61. The van der Waals surface area contributed by atoms with E-state index in [1.54, 1.807) is 11.4 Å². The number of nitrogen functional groups attached to an aromatic ring is 1. The van der Waals surface area contributed by atoms with Crippen LogP contribution in [0.3, 0.4) is 0 Å². The van der Waals surface area contributed by atoms with Crippen LogP contribution >= 0.6 is 11.3 Å². The smallest absolute Gasteiger partial charge is 0.267 e. The number of nitrogens with one attached hydrogen (secondary N) is 1. The molecule has 0 bridgehead atoms. The first-order valence-electron chi connectivity index (χ1n) is 6.49. The molecule has 0 saturated heterocycles. The summed E-state index contributed by atoms with van der Waals surface area (Å²) in [6.45, 7) is 4.65. The second kappa shape index (κ2) is 6.43. The van der Waals surface area contributed by atoms with Gasteiger partial charge in [-0.05, 0) is 42.5 Å². The van der Waals surface area contributed by atoms with Crippen LogP contribution < -0.4 is 15.8 Å². The number of carbonyl (C=O) groups is 1. The topological polar surface area (TPSA) is 64.3 Å². The molecule has 1 amide bonds. The molecule has 1 heterocycles. The van der Waals surface area contributed by atoms with Crippen LogP contribution in [0, 0.1) is 6.92 Å². The van der Waals surface area contributed by atoms with Crippen LogP contribution in [0.5, 0.6) is 5.75 Å². The number of anilines is 2. The minimum absolute atomic E-state index is 0.206. The highest BCUT2D eigenvalue weighted by Gasteiger charge is 2.14. The number of aryl methyl sites for hydroxylation is 1. The van der Waals surface area contributed by atoms with E-state index in [1.807, 2.05) is 32.0 Å². The summed E-state index contributed by atoms with van der Waals surface area (Å²) in [5.74, 6) is 0.484. The largest absolute Gasteiger partial charge is 0.491 e. The summed E-state index contributed by atoms with van der Waals surface area (Å²) >= 11 is 1.33. The molecule has 106 valence electrons. The van der Waals surface area contributed by atoms with Crippen LogP contribution in [0.2, 0.25) is 0 Å². The van der Waals surface area contributed by atoms with Gasteiger partial charge in [0.25, 0.3) is 5.91 Å². The van der Waals surface area contributed by atoms with Gasteiger partial charge in [0.05, 0.1) is 18.0 Å². The number of ether oxygens (including phenoxy) is 1. The Hall–Kier alpha value is -2.01. The summed E-state index contributed by atoms with van der Waals surface area (Å²) in [6.07, 6.45) is 0.916. The first kappa shape index (κ1) is 14.4. The minimum atomic E-state index is -0.206. The number of nitrogens with two attached hydrogens (primary N) is 1. The minimum Gasteiger partial charge on any atom is -0.491 e. The lowest BCUT2D eigenvalue weighted by molar-refractivity contribution is 0.103. The van der Waals surface area contributed by atoms with Gasteiger partial charge < -0.3 is 15.8 Å². The molecule has 0 aliphatic heterocycles. The monoisotopic (exact) mass is 290 g/mol. The van der Waals surface area contributed by atoms with Crippen LogP contribution in [0.25, 0.3) is 0 Å². The van der Waals surface area contributed by atoms with Gasteiger partial charge in [0.15, 0.2) is 0 Å². The summed E-state index contributed by atoms with van der Waals surface area (Å²) in [5, 5.41) is 4.66. The number of thiophene rings is 1. The molecule has 4 nitrogen and oxygen atoms in total. The van der Waals surface area contributed by atoms with Crippen molar-refractivity contribution >= 4 is 28.6 Å². The molecule has 0 aliphatic rings. The maximum atomic E-state index is 12.2. The third-order valence-electron chi connectivity index (χ3n) is 2.75. The van der Waals surface area contributed by atoms with Gasteiger partial charge in [0.2, 0.25) is 0 Å². The van der Waals surface area contributed by atoms with E-state index in [1.165, 1.54) is 11.3 Å². The molecule has 0 radical (unpaired) electrons. The molecule has 0 saturated carbocycles. The second-order valence-corrected chi connectivity index (χ2v) is 5.42. The average molecular weight is 290 g/mol. The lowest BCUT2D eigenvalue weighted by Crippen LogP contribution is -2.13. The van der Waals surface area contributed by atoms with Crippen molar-refractivity contribution in [2.24, 2.45) is 0 Å². The molecule has 5 heteroatoms. The zero-order chi connectivity index (χ0) is 14.5. The van der Waals surface area contributed by atoms with Gasteiger partial charge in [-0.1, -0.05) is 13.0 Å². The van der Waals surface area contributed by atoms with Crippen molar-refractivity contribution in [2.45, 2.75) is 20.3 Å². The fourth-order valence-electron chi connectivity index (χ4n) is 1.75. The fourth-order valence-corrected chi connectivity index (χ4v) is 2.46. The van der Waals surface area contributed by atoms with Crippen LogP contribution in [-0.2, 0) is 0 Å². The molecule has 2 rings (SSSR count). The number of hydrogen-bond donors (Lipinski definition) is 2. The molecule has 1 aromatic carbocycles. The van der Waals surface area contributed by atoms with Crippen molar-refractivity contribution in [3.8, 4) is 5.75 Å². The predicted molar refractivity (Wildman–Crippen MR) is 83.6 cm³/mol. The molecule has 2 aromatic rings. The molecule has 0 fully saturated rings. The first-order valence-corrected chi connectivity index (χ1v) is 7.37. The molecule has 0 atom stereocenters. The summed E-state index contributed by atoms with van der Waals surface area (Å²) in [5.41, 5.74) is 8.01. The average Bonchev–Trinajstić information content (AvgIpc) is 2.85. The van der Waals surface area contributed by atoms with E-state index < -0.39 is 0 Å². The molecule has 0 unspecified atom stereocenters. The van der Waals surface area contributed by atoms with Crippen LogP contribution in [0.15, 0.2) is 29.6 Å². The lowest BCUT2D eigenvalue weighted by Gasteiger charge is -2.12. The van der Waals surface area contributed by atoms with Gasteiger partial charge in [-0.15, -0.1) is 11.3 Å². The van der Waals surface area contributed by atoms with Crippen LogP contribution in [0.1, 0.15) is 28.6 Å². The van der Waals surface area contributed by atoms with Crippen molar-refractivity contribution in [1.29, 1.82) is 0 Å². The van der Waals surface area contributed by atoms with Gasteiger partial charge in [0, 0.05) is 0 Å². The number of benzene rings is 1. The van der Waals surface area contributed by atoms with Crippen LogP contribution in [0.4, 0.5) is 11.4 Å². The Kier molecular flexibility index (Phi) is 4.63. The molecule has 0 aliphatic carbocycles. The van der Waals surface area contributed by atoms with E-state index in [2.05, 4.69) is 5.32 Å². The van der Waals surface area contributed by atoms with E-state index in [0.717, 1.165) is 12.0 Å². The Balaban J connectivity index is 2.20. The molecule has 1 aromatic heterocycles. The van der Waals surface area contributed by atoms with Crippen molar-refractivity contribution in [3.63, 3.8) is 0 Å². The van der Waals surface area contributed by atoms with E-state index in [-0.39, 0.29) is 5.91 Å². The summed E-state index contributed by atoms with van der Waals surface area (Å²) in [6, 6.07) is 7.43. The maximum Gasteiger partial charge on any atom is 0.267 e. The standard InChI is InChI=1S/C15H18N2O2S/c1-3-7-19-13-9-10(2)4-5-12(13)17-15(18)14-11(16)6-8-20-14/h4-6,8-9H,3,7,16H2,1-2H3,(H,17,18). The van der Waals surface area contributed by atoms with Gasteiger partial charge in [-0.2, -0.15) is 0 Å². The van der Waals surface area contributed by atoms with E-state index >= 15 is 0 Å². The summed E-state index contributed by atoms with van der Waals surface area (Å²) < 4.78 is 5.67. The SMILES string of the molecule is CCCOc1cc(C)ccc1NC(=O)c1sccc1N. The highest BCUT2D eigenvalue weighted by molar-refractivity contribution is 7.12. The normalized spacial score (nSPS) is 10.3. The number of amides is 1. The highest BCUT2D eigenvalue weighted by Crippen LogP contribution is 2.28. The summed E-state index contributed by atoms with van der Waals surface area (Å²) in [4.78, 5) is 12.7. The molecular formula is C15H18N2O2S. The number of rotatable bonds is 5. The zero-order valence-corrected chi connectivity index (χ0v) is 12.4. The predicted octanol–water partition coefficient (Wildman–Crippen LogP) is 3.68. The zero-order valence-electron chi connectivity index (χ0n) is 11.6. The van der Waals surface area contributed by atoms with Crippen molar-refractivity contribution in [3.05, 3.63) is 40.1 Å². The maximum absolute atomic E-state index is 12.2. The van der Waals surface area contributed by atoms with Gasteiger partial charge >= 0.3 is 0 Å². The number of hydrogen-bond acceptors (Lipinski definition) is 4. The molecule has 20 heavy (non-hydrogen) atoms. The van der Waals surface area contributed by atoms with Crippen molar-refractivity contribution < 1.29 is 9.53 Å². The van der Waals surface area contributed by atoms with Crippen molar-refractivity contribution in [1.82, 2.24) is 0 Å². The third kappa shape index (κ3) is 3.30. The van der Waals surface area contributed by atoms with Gasteiger partial charge in [-0.3, -0.25) is 4.79 Å². The van der Waals surface area contributed by atoms with E-state index in [4.69, 9.17) is 10.5 Å². The Morgan fingerprint density at radius 2 is 2.20 bits per heavy atom. The quantitative estimate of drug-likeness (QED) is 0.883. The molecular weight excluding hydrogens is 272 g/mol. The Bertz CT molecular complexity index is 608. The fraction of sp³-hybridized carbons (Fsp3) is 0.267. The Morgan fingerprint density at radius 1 is 1.40 bits per heavy atom.